The van der Waals surface area contributed by atoms with Crippen molar-refractivity contribution in [2.75, 3.05) is 24.5 Å². The number of nitrogens with one attached hydrogen (secondary N) is 1. The number of pyridine rings is 1. The third-order valence-electron chi connectivity index (χ3n) is 2.63. The van der Waals surface area contributed by atoms with Gasteiger partial charge >= 0.3 is 0 Å². The molecule has 0 amide bonds. The average molecular weight is 231 g/mol. The molecule has 1 heterocycles. The standard InChI is InChI=1S/C14H21N3/c1-4-8-15-11-13-7-9-16-12-14(13)17(6-3)10-5-2/h2,7,9,12,15H,4,6,8,10-11H2,1,3H3. The van der Waals surface area contributed by atoms with E-state index in [2.05, 4.69) is 41.0 Å². The highest BCUT2D eigenvalue weighted by Crippen LogP contribution is 2.18. The number of terminal acetylenes is 1. The summed E-state index contributed by atoms with van der Waals surface area (Å²) >= 11 is 0. The van der Waals surface area contributed by atoms with Gasteiger partial charge in [0, 0.05) is 19.3 Å². The summed E-state index contributed by atoms with van der Waals surface area (Å²) in [6.07, 6.45) is 10.2. The molecule has 0 unspecified atom stereocenters. The van der Waals surface area contributed by atoms with Crippen LogP contribution in [-0.4, -0.2) is 24.6 Å². The van der Waals surface area contributed by atoms with E-state index in [-0.39, 0.29) is 0 Å². The van der Waals surface area contributed by atoms with Crippen LogP contribution in [0.5, 0.6) is 0 Å². The van der Waals surface area contributed by atoms with Gasteiger partial charge in [0.1, 0.15) is 0 Å². The molecule has 0 aliphatic rings. The van der Waals surface area contributed by atoms with E-state index in [9.17, 15) is 0 Å². The molecule has 92 valence electrons. The Hall–Kier alpha value is -1.53. The van der Waals surface area contributed by atoms with Gasteiger partial charge in [-0.05, 0) is 31.5 Å². The van der Waals surface area contributed by atoms with Crippen LogP contribution in [0.4, 0.5) is 5.69 Å². The Morgan fingerprint density at radius 1 is 1.47 bits per heavy atom. The minimum absolute atomic E-state index is 0.628. The Morgan fingerprint density at radius 2 is 2.29 bits per heavy atom. The molecule has 1 N–H and O–H groups in total. The van der Waals surface area contributed by atoms with Gasteiger partial charge in [0.05, 0.1) is 18.4 Å². The van der Waals surface area contributed by atoms with Crippen molar-refractivity contribution >= 4 is 5.69 Å². The van der Waals surface area contributed by atoms with E-state index in [1.54, 1.807) is 0 Å². The lowest BCUT2D eigenvalue weighted by atomic mass is 10.2. The quantitative estimate of drug-likeness (QED) is 0.575. The van der Waals surface area contributed by atoms with Crippen molar-refractivity contribution in [1.82, 2.24) is 10.3 Å². The zero-order valence-electron chi connectivity index (χ0n) is 10.7. The van der Waals surface area contributed by atoms with E-state index < -0.39 is 0 Å². The molecule has 0 atom stereocenters. The predicted octanol–water partition coefficient (Wildman–Crippen LogP) is 2.04. The van der Waals surface area contributed by atoms with E-state index in [0.717, 1.165) is 31.7 Å². The molecule has 3 nitrogen and oxygen atoms in total. The molecule has 3 heteroatoms. The van der Waals surface area contributed by atoms with Crippen molar-refractivity contribution in [1.29, 1.82) is 0 Å². The van der Waals surface area contributed by atoms with Crippen molar-refractivity contribution in [2.45, 2.75) is 26.8 Å². The third kappa shape index (κ3) is 4.08. The van der Waals surface area contributed by atoms with Gasteiger partial charge in [0.15, 0.2) is 0 Å². The third-order valence-corrected chi connectivity index (χ3v) is 2.63. The summed E-state index contributed by atoms with van der Waals surface area (Å²) < 4.78 is 0. The Morgan fingerprint density at radius 3 is 2.94 bits per heavy atom. The molecule has 0 aliphatic heterocycles. The Labute approximate surface area is 104 Å². The summed E-state index contributed by atoms with van der Waals surface area (Å²) in [6, 6.07) is 2.05. The van der Waals surface area contributed by atoms with E-state index >= 15 is 0 Å². The number of rotatable bonds is 7. The molecular formula is C14H21N3. The fourth-order valence-corrected chi connectivity index (χ4v) is 1.73. The fourth-order valence-electron chi connectivity index (χ4n) is 1.73. The minimum atomic E-state index is 0.628. The summed E-state index contributed by atoms with van der Waals surface area (Å²) in [5.74, 6) is 2.69. The van der Waals surface area contributed by atoms with Crippen molar-refractivity contribution in [3.8, 4) is 12.3 Å². The van der Waals surface area contributed by atoms with Gasteiger partial charge in [-0.2, -0.15) is 0 Å². The molecule has 0 aromatic carbocycles. The highest BCUT2D eigenvalue weighted by Gasteiger charge is 2.08. The molecule has 0 saturated heterocycles. The first-order valence-electron chi connectivity index (χ1n) is 6.15. The van der Waals surface area contributed by atoms with Gasteiger partial charge in [-0.25, -0.2) is 0 Å². The molecule has 0 saturated carbocycles. The van der Waals surface area contributed by atoms with E-state index in [1.807, 2.05) is 12.4 Å². The average Bonchev–Trinajstić information content (AvgIpc) is 2.37. The zero-order valence-corrected chi connectivity index (χ0v) is 10.7. The summed E-state index contributed by atoms with van der Waals surface area (Å²) in [5.41, 5.74) is 2.39. The van der Waals surface area contributed by atoms with Crippen LogP contribution in [0.1, 0.15) is 25.8 Å². The van der Waals surface area contributed by atoms with Crippen molar-refractivity contribution < 1.29 is 0 Å². The number of anilines is 1. The Kier molecular flexibility index (Phi) is 6.13. The van der Waals surface area contributed by atoms with Crippen LogP contribution < -0.4 is 10.2 Å². The number of hydrogen-bond acceptors (Lipinski definition) is 3. The molecule has 1 aromatic heterocycles. The largest absolute Gasteiger partial charge is 0.359 e. The van der Waals surface area contributed by atoms with Gasteiger partial charge in [0.25, 0.3) is 0 Å². The lowest BCUT2D eigenvalue weighted by molar-refractivity contribution is 0.673. The normalized spacial score (nSPS) is 9.94. The first kappa shape index (κ1) is 13.5. The van der Waals surface area contributed by atoms with Crippen LogP contribution in [0.3, 0.4) is 0 Å². The lowest BCUT2D eigenvalue weighted by Crippen LogP contribution is -2.25. The smallest absolute Gasteiger partial charge is 0.0792 e. The van der Waals surface area contributed by atoms with Gasteiger partial charge in [-0.15, -0.1) is 6.42 Å². The molecular weight excluding hydrogens is 210 g/mol. The molecule has 1 rings (SSSR count). The molecule has 0 spiro atoms. The number of aromatic nitrogens is 1. The maximum atomic E-state index is 5.39. The van der Waals surface area contributed by atoms with Gasteiger partial charge in [-0.1, -0.05) is 12.8 Å². The second-order valence-electron chi connectivity index (χ2n) is 3.90. The second-order valence-corrected chi connectivity index (χ2v) is 3.90. The van der Waals surface area contributed by atoms with Gasteiger partial charge in [0.2, 0.25) is 0 Å². The van der Waals surface area contributed by atoms with Crippen LogP contribution in [-0.2, 0) is 6.54 Å². The SMILES string of the molecule is C#CCN(CC)c1cnccc1CNCCC. The number of hydrogen-bond donors (Lipinski definition) is 1. The maximum Gasteiger partial charge on any atom is 0.0792 e. The van der Waals surface area contributed by atoms with E-state index in [4.69, 9.17) is 6.42 Å². The fraction of sp³-hybridized carbons (Fsp3) is 0.500. The first-order valence-corrected chi connectivity index (χ1v) is 6.15. The zero-order chi connectivity index (χ0) is 12.5. The Balaban J connectivity index is 2.79. The van der Waals surface area contributed by atoms with Gasteiger partial charge in [-0.3, -0.25) is 4.98 Å². The molecule has 17 heavy (non-hydrogen) atoms. The maximum absolute atomic E-state index is 5.39. The van der Waals surface area contributed by atoms with Crippen LogP contribution in [0, 0.1) is 12.3 Å². The molecule has 0 fully saturated rings. The van der Waals surface area contributed by atoms with Gasteiger partial charge < -0.3 is 10.2 Å². The molecule has 0 bridgehead atoms. The van der Waals surface area contributed by atoms with Crippen molar-refractivity contribution in [2.24, 2.45) is 0 Å². The summed E-state index contributed by atoms with van der Waals surface area (Å²) in [4.78, 5) is 6.35. The molecule has 0 aliphatic carbocycles. The molecule has 0 radical (unpaired) electrons. The van der Waals surface area contributed by atoms with Crippen molar-refractivity contribution in [3.05, 3.63) is 24.0 Å². The summed E-state index contributed by atoms with van der Waals surface area (Å²) in [6.45, 7) is 7.69. The van der Waals surface area contributed by atoms with Crippen LogP contribution >= 0.6 is 0 Å². The topological polar surface area (TPSA) is 28.2 Å². The molecule has 1 aromatic rings. The van der Waals surface area contributed by atoms with Crippen LogP contribution in [0.25, 0.3) is 0 Å². The summed E-state index contributed by atoms with van der Waals surface area (Å²) in [7, 11) is 0. The minimum Gasteiger partial charge on any atom is -0.359 e. The second kappa shape index (κ2) is 7.70. The van der Waals surface area contributed by atoms with Crippen LogP contribution in [0.2, 0.25) is 0 Å². The highest BCUT2D eigenvalue weighted by atomic mass is 15.1. The first-order chi connectivity index (χ1) is 8.33. The van der Waals surface area contributed by atoms with E-state index in [0.29, 0.717) is 6.54 Å². The predicted molar refractivity (Wildman–Crippen MR) is 73.0 cm³/mol. The Bertz CT molecular complexity index is 368. The monoisotopic (exact) mass is 231 g/mol. The highest BCUT2D eigenvalue weighted by molar-refractivity contribution is 5.52. The van der Waals surface area contributed by atoms with Crippen molar-refractivity contribution in [3.63, 3.8) is 0 Å². The van der Waals surface area contributed by atoms with Crippen LogP contribution in [0.15, 0.2) is 18.5 Å². The lowest BCUT2D eigenvalue weighted by Gasteiger charge is -2.23. The number of nitrogens with zero attached hydrogens (tertiary/aromatic N) is 2. The summed E-state index contributed by atoms with van der Waals surface area (Å²) in [5, 5.41) is 3.41. The van der Waals surface area contributed by atoms with E-state index in [1.165, 1.54) is 5.56 Å².